The SMILES string of the molecule is CCOC(COCCOC)(OCC)c1nccc(C)n1. The van der Waals surface area contributed by atoms with Crippen LogP contribution >= 0.6 is 0 Å². The molecule has 0 bridgehead atoms. The molecular weight excluding hydrogens is 260 g/mol. The first-order valence-electron chi connectivity index (χ1n) is 6.83. The highest BCUT2D eigenvalue weighted by molar-refractivity contribution is 5.05. The van der Waals surface area contributed by atoms with Crippen LogP contribution in [0.3, 0.4) is 0 Å². The Bertz CT molecular complexity index is 381. The smallest absolute Gasteiger partial charge is 0.254 e. The van der Waals surface area contributed by atoms with Crippen LogP contribution in [0.5, 0.6) is 0 Å². The van der Waals surface area contributed by atoms with E-state index >= 15 is 0 Å². The van der Waals surface area contributed by atoms with Gasteiger partial charge in [0.1, 0.15) is 6.61 Å². The second kappa shape index (κ2) is 8.97. The summed E-state index contributed by atoms with van der Waals surface area (Å²) in [5.74, 6) is -0.581. The Morgan fingerprint density at radius 1 is 1.15 bits per heavy atom. The minimum absolute atomic E-state index is 0.224. The molecule has 0 aliphatic carbocycles. The third-order valence-corrected chi connectivity index (χ3v) is 2.61. The van der Waals surface area contributed by atoms with Crippen molar-refractivity contribution in [1.29, 1.82) is 0 Å². The van der Waals surface area contributed by atoms with E-state index in [1.165, 1.54) is 0 Å². The molecule has 6 nitrogen and oxygen atoms in total. The van der Waals surface area contributed by atoms with Crippen molar-refractivity contribution >= 4 is 0 Å². The summed E-state index contributed by atoms with van der Waals surface area (Å²) in [4.78, 5) is 8.69. The van der Waals surface area contributed by atoms with Gasteiger partial charge in [0.25, 0.3) is 5.79 Å². The molecule has 0 radical (unpaired) electrons. The van der Waals surface area contributed by atoms with Crippen molar-refractivity contribution in [2.75, 3.05) is 40.1 Å². The quantitative estimate of drug-likeness (QED) is 0.481. The first-order valence-corrected chi connectivity index (χ1v) is 6.83. The summed E-state index contributed by atoms with van der Waals surface area (Å²) in [7, 11) is 1.63. The number of aromatic nitrogens is 2. The average Bonchev–Trinajstić information content (AvgIpc) is 2.44. The zero-order valence-corrected chi connectivity index (χ0v) is 12.7. The number of rotatable bonds is 10. The number of ether oxygens (including phenoxy) is 4. The van der Waals surface area contributed by atoms with Gasteiger partial charge in [-0.3, -0.25) is 0 Å². The number of methoxy groups -OCH3 is 1. The second-order valence-electron chi connectivity index (χ2n) is 4.19. The molecule has 0 aliphatic rings. The van der Waals surface area contributed by atoms with Crippen molar-refractivity contribution in [2.24, 2.45) is 0 Å². The van der Waals surface area contributed by atoms with Gasteiger partial charge in [-0.1, -0.05) is 0 Å². The van der Waals surface area contributed by atoms with Crippen LogP contribution in [-0.2, 0) is 24.7 Å². The van der Waals surface area contributed by atoms with E-state index in [-0.39, 0.29) is 6.61 Å². The third kappa shape index (κ3) is 4.79. The fourth-order valence-corrected chi connectivity index (χ4v) is 1.77. The number of hydrogen-bond donors (Lipinski definition) is 0. The van der Waals surface area contributed by atoms with Gasteiger partial charge in [-0.05, 0) is 26.8 Å². The van der Waals surface area contributed by atoms with Crippen molar-refractivity contribution in [1.82, 2.24) is 9.97 Å². The molecule has 0 N–H and O–H groups in total. The van der Waals surface area contributed by atoms with Crippen molar-refractivity contribution in [3.63, 3.8) is 0 Å². The predicted molar refractivity (Wildman–Crippen MR) is 74.4 cm³/mol. The molecule has 1 heterocycles. The van der Waals surface area contributed by atoms with Crippen molar-refractivity contribution < 1.29 is 18.9 Å². The summed E-state index contributed by atoms with van der Waals surface area (Å²) in [6.07, 6.45) is 1.69. The van der Waals surface area contributed by atoms with Gasteiger partial charge in [-0.25, -0.2) is 9.97 Å². The zero-order valence-electron chi connectivity index (χ0n) is 12.7. The van der Waals surface area contributed by atoms with Crippen molar-refractivity contribution in [3.05, 3.63) is 23.8 Å². The summed E-state index contributed by atoms with van der Waals surface area (Å²) < 4.78 is 22.1. The van der Waals surface area contributed by atoms with Crippen LogP contribution in [0.1, 0.15) is 25.4 Å². The first kappa shape index (κ1) is 17.0. The maximum atomic E-state index is 5.78. The van der Waals surface area contributed by atoms with Crippen LogP contribution < -0.4 is 0 Å². The Kier molecular flexibility index (Phi) is 7.61. The highest BCUT2D eigenvalue weighted by Gasteiger charge is 2.37. The Balaban J connectivity index is 2.91. The maximum Gasteiger partial charge on any atom is 0.254 e. The van der Waals surface area contributed by atoms with Crippen LogP contribution in [0.25, 0.3) is 0 Å². The van der Waals surface area contributed by atoms with Crippen LogP contribution in [-0.4, -0.2) is 50.1 Å². The van der Waals surface area contributed by atoms with E-state index in [0.717, 1.165) is 5.69 Å². The summed E-state index contributed by atoms with van der Waals surface area (Å²) >= 11 is 0. The van der Waals surface area contributed by atoms with Gasteiger partial charge >= 0.3 is 0 Å². The number of nitrogens with zero attached hydrogens (tertiary/aromatic N) is 2. The molecule has 0 fully saturated rings. The predicted octanol–water partition coefficient (Wildman–Crippen LogP) is 1.67. The molecule has 0 atom stereocenters. The molecule has 6 heteroatoms. The van der Waals surface area contributed by atoms with E-state index in [9.17, 15) is 0 Å². The molecule has 1 aromatic heterocycles. The third-order valence-electron chi connectivity index (χ3n) is 2.61. The van der Waals surface area contributed by atoms with E-state index in [2.05, 4.69) is 9.97 Å². The van der Waals surface area contributed by atoms with Gasteiger partial charge in [0.05, 0.1) is 13.2 Å². The van der Waals surface area contributed by atoms with E-state index in [4.69, 9.17) is 18.9 Å². The van der Waals surface area contributed by atoms with Gasteiger partial charge in [0.15, 0.2) is 5.82 Å². The summed E-state index contributed by atoms with van der Waals surface area (Å²) in [6, 6.07) is 1.83. The second-order valence-corrected chi connectivity index (χ2v) is 4.19. The standard InChI is InChI=1S/C14H24N2O4/c1-5-19-14(20-6-2,11-18-10-9-17-4)13-15-8-7-12(3)16-13/h7-8H,5-6,9-11H2,1-4H3. The molecule has 0 saturated heterocycles. The zero-order chi connectivity index (χ0) is 14.8. The van der Waals surface area contributed by atoms with E-state index in [0.29, 0.717) is 32.3 Å². The lowest BCUT2D eigenvalue weighted by molar-refractivity contribution is -0.272. The monoisotopic (exact) mass is 284 g/mol. The van der Waals surface area contributed by atoms with Gasteiger partial charge in [0, 0.05) is 32.2 Å². The van der Waals surface area contributed by atoms with Crippen molar-refractivity contribution in [2.45, 2.75) is 26.6 Å². The molecule has 0 saturated carbocycles. The molecule has 20 heavy (non-hydrogen) atoms. The lowest BCUT2D eigenvalue weighted by Gasteiger charge is -2.31. The molecule has 0 aromatic carbocycles. The highest BCUT2D eigenvalue weighted by atomic mass is 16.7. The van der Waals surface area contributed by atoms with Crippen LogP contribution in [0.2, 0.25) is 0 Å². The summed E-state index contributed by atoms with van der Waals surface area (Å²) in [5.41, 5.74) is 0.857. The highest BCUT2D eigenvalue weighted by Crippen LogP contribution is 2.25. The molecule has 0 aliphatic heterocycles. The fraction of sp³-hybridized carbons (Fsp3) is 0.714. The molecule has 0 unspecified atom stereocenters. The van der Waals surface area contributed by atoms with Gasteiger partial charge in [-0.2, -0.15) is 0 Å². The number of aryl methyl sites for hydroxylation is 1. The Hall–Kier alpha value is -1.08. The fourth-order valence-electron chi connectivity index (χ4n) is 1.77. The summed E-state index contributed by atoms with van der Waals surface area (Å²) in [5, 5.41) is 0. The number of hydrogen-bond acceptors (Lipinski definition) is 6. The topological polar surface area (TPSA) is 62.7 Å². The van der Waals surface area contributed by atoms with E-state index in [1.54, 1.807) is 13.3 Å². The van der Waals surface area contributed by atoms with Crippen LogP contribution in [0.4, 0.5) is 0 Å². The van der Waals surface area contributed by atoms with Gasteiger partial charge in [-0.15, -0.1) is 0 Å². The van der Waals surface area contributed by atoms with Gasteiger partial charge in [0.2, 0.25) is 0 Å². The Morgan fingerprint density at radius 2 is 1.85 bits per heavy atom. The maximum absolute atomic E-state index is 5.78. The molecule has 114 valence electrons. The molecular formula is C14H24N2O4. The van der Waals surface area contributed by atoms with E-state index < -0.39 is 5.79 Å². The Morgan fingerprint density at radius 3 is 2.40 bits per heavy atom. The molecule has 1 rings (SSSR count). The minimum atomic E-state index is -1.07. The summed E-state index contributed by atoms with van der Waals surface area (Å²) in [6.45, 7) is 7.86. The van der Waals surface area contributed by atoms with Gasteiger partial charge < -0.3 is 18.9 Å². The molecule has 0 spiro atoms. The normalized spacial score (nSPS) is 11.8. The van der Waals surface area contributed by atoms with E-state index in [1.807, 2.05) is 26.8 Å². The van der Waals surface area contributed by atoms with Crippen molar-refractivity contribution in [3.8, 4) is 0 Å². The van der Waals surface area contributed by atoms with Crippen LogP contribution in [0.15, 0.2) is 12.3 Å². The first-order chi connectivity index (χ1) is 9.68. The average molecular weight is 284 g/mol. The lowest BCUT2D eigenvalue weighted by Crippen LogP contribution is -2.40. The largest absolute Gasteiger partial charge is 0.382 e. The lowest BCUT2D eigenvalue weighted by atomic mass is 10.2. The molecule has 0 amide bonds. The van der Waals surface area contributed by atoms with Crippen LogP contribution in [0, 0.1) is 6.92 Å². The molecule has 1 aromatic rings. The Labute approximate surface area is 120 Å². The minimum Gasteiger partial charge on any atom is -0.382 e.